The lowest BCUT2D eigenvalue weighted by molar-refractivity contribution is -0.141. The van der Waals surface area contributed by atoms with E-state index in [4.69, 9.17) is 34.0 Å². The number of aliphatic imine (C=N–C) groups is 2. The van der Waals surface area contributed by atoms with Gasteiger partial charge in [-0.15, -0.1) is 0 Å². The highest BCUT2D eigenvalue weighted by Crippen LogP contribution is 2.35. The van der Waals surface area contributed by atoms with Gasteiger partial charge in [-0.25, -0.2) is 0 Å². The van der Waals surface area contributed by atoms with E-state index in [2.05, 4.69) is 48.7 Å². The largest absolute Gasteiger partial charge is 0.491 e. The number of ether oxygens (including phenoxy) is 4. The molecule has 12 heteroatoms. The van der Waals surface area contributed by atoms with E-state index in [-0.39, 0.29) is 31.1 Å². The van der Waals surface area contributed by atoms with Crippen molar-refractivity contribution in [3.8, 4) is 11.5 Å². The van der Waals surface area contributed by atoms with Crippen molar-refractivity contribution in [1.82, 2.24) is 0 Å². The van der Waals surface area contributed by atoms with Gasteiger partial charge in [0.1, 0.15) is 36.9 Å². The van der Waals surface area contributed by atoms with Crippen molar-refractivity contribution >= 4 is 46.0 Å². The number of carbonyl (C=O) groups is 2. The summed E-state index contributed by atoms with van der Waals surface area (Å²) in [6.45, 7) is 8.38. The van der Waals surface area contributed by atoms with E-state index in [0.29, 0.717) is 65.7 Å². The molecule has 332 valence electrons. The first-order valence-electron chi connectivity index (χ1n) is 21.6. The van der Waals surface area contributed by atoms with Crippen molar-refractivity contribution in [2.75, 3.05) is 37.1 Å². The lowest BCUT2D eigenvalue weighted by atomic mass is 9.99. The topological polar surface area (TPSA) is 160 Å². The molecular weight excluding hydrogens is 821 g/mol. The highest BCUT2D eigenvalue weighted by Gasteiger charge is 2.33. The molecule has 3 heterocycles. The van der Waals surface area contributed by atoms with Crippen LogP contribution in [0.15, 0.2) is 143 Å². The van der Waals surface area contributed by atoms with Crippen LogP contribution < -0.4 is 20.1 Å². The van der Waals surface area contributed by atoms with Crippen molar-refractivity contribution in [1.29, 1.82) is 0 Å². The lowest BCUT2D eigenvalue weighted by Crippen LogP contribution is -2.25. The van der Waals surface area contributed by atoms with Crippen molar-refractivity contribution in [3.05, 3.63) is 178 Å². The summed E-state index contributed by atoms with van der Waals surface area (Å²) >= 11 is 0. The molecule has 3 aliphatic rings. The fraction of sp³-hybridized carbons (Fsp3) is 0.245. The normalized spacial score (nSPS) is 15.9. The summed E-state index contributed by atoms with van der Waals surface area (Å²) < 4.78 is 22.7. The Labute approximate surface area is 378 Å². The van der Waals surface area contributed by atoms with Gasteiger partial charge in [0.05, 0.1) is 47.1 Å². The Balaban J connectivity index is 0.000000178. The summed E-state index contributed by atoms with van der Waals surface area (Å²) in [5, 5.41) is 24.2. The molecule has 6 aromatic rings. The Morgan fingerprint density at radius 2 is 1.18 bits per heavy atom. The van der Waals surface area contributed by atoms with Crippen molar-refractivity contribution in [2.24, 2.45) is 9.98 Å². The Morgan fingerprint density at radius 3 is 1.66 bits per heavy atom. The molecule has 12 nitrogen and oxygen atoms in total. The molecule has 0 aliphatic carbocycles. The summed E-state index contributed by atoms with van der Waals surface area (Å²) in [6.07, 6.45) is 0.331. The van der Waals surface area contributed by atoms with Gasteiger partial charge in [0.25, 0.3) is 11.8 Å². The minimum atomic E-state index is -0.953. The summed E-state index contributed by atoms with van der Waals surface area (Å²) in [7, 11) is 0. The zero-order valence-corrected chi connectivity index (χ0v) is 36.8. The number of para-hydroxylation sites is 2. The fourth-order valence-corrected chi connectivity index (χ4v) is 7.92. The second-order valence-electron chi connectivity index (χ2n) is 16.6. The van der Waals surface area contributed by atoms with Crippen LogP contribution in [0.3, 0.4) is 0 Å². The molecule has 3 aliphatic heterocycles. The monoisotopic (exact) mass is 872 g/mol. The summed E-state index contributed by atoms with van der Waals surface area (Å²) in [5.74, 6) is 0.117. The highest BCUT2D eigenvalue weighted by molar-refractivity contribution is 6.14. The van der Waals surface area contributed by atoms with E-state index in [0.717, 1.165) is 44.9 Å². The first-order chi connectivity index (χ1) is 31.4. The van der Waals surface area contributed by atoms with Gasteiger partial charge in [-0.1, -0.05) is 84.9 Å². The molecule has 0 spiro atoms. The maximum atomic E-state index is 13.2. The number of aliphatic hydroxyl groups excluding tert-OH is 2. The van der Waals surface area contributed by atoms with E-state index in [1.165, 1.54) is 5.56 Å². The second kappa shape index (κ2) is 19.8. The number of nitrogens with one attached hydrogen (secondary N) is 2. The Hall–Kier alpha value is -6.96. The van der Waals surface area contributed by atoms with Crippen LogP contribution in [0, 0.1) is 13.8 Å². The van der Waals surface area contributed by atoms with Gasteiger partial charge in [0.15, 0.2) is 5.79 Å². The number of hydrogen-bond donors (Lipinski definition) is 4. The molecule has 9 rings (SSSR count). The standard InChI is InChI=1S/C28H28N2O4.C25H24N2O4/c1-18-8-4-5-12-23(18)25-14-19-9-6-13-24(26(19)30-25)27(31)29-20-10-7-11-21(15-20)32-16-22-17-33-28(2,3)34-22;1-16-6-2-3-10-21(16)23-12-17-7-4-11-22(24(17)27-23)25(30)26-18-8-5-9-20(13-18)31-15-19(29)14-28/h4-13,15,22H,14,16-17H2,1-3H3,(H,29,31);2-11,13,19,28-29H,12,14-15H2,1H3,(H,26,30). The minimum Gasteiger partial charge on any atom is -0.491 e. The third-order valence-corrected chi connectivity index (χ3v) is 11.2. The maximum absolute atomic E-state index is 13.2. The van der Waals surface area contributed by atoms with E-state index in [1.54, 1.807) is 30.3 Å². The number of fused-ring (bicyclic) bond motifs is 2. The van der Waals surface area contributed by atoms with Crippen LogP contribution in [0.25, 0.3) is 0 Å². The first-order valence-corrected chi connectivity index (χ1v) is 21.6. The Kier molecular flexibility index (Phi) is 13.6. The quantitative estimate of drug-likeness (QED) is 0.0895. The average molecular weight is 873 g/mol. The number of carbonyl (C=O) groups excluding carboxylic acids is 2. The molecule has 1 saturated heterocycles. The maximum Gasteiger partial charge on any atom is 0.257 e. The summed E-state index contributed by atoms with van der Waals surface area (Å²) in [4.78, 5) is 35.8. The van der Waals surface area contributed by atoms with Crippen LogP contribution in [0.5, 0.6) is 11.5 Å². The SMILES string of the molecule is Cc1ccccc1C1=Nc2c(cccc2C(=O)Nc2cccc(OCC(O)CO)c2)C1.Cc1ccccc1C1=Nc2c(cccc2C(=O)Nc2cccc(OCC3COC(C)(C)O3)c2)C1. The molecule has 2 unspecified atom stereocenters. The van der Waals surface area contributed by atoms with Gasteiger partial charge in [-0.2, -0.15) is 0 Å². The molecule has 2 atom stereocenters. The van der Waals surface area contributed by atoms with Crippen LogP contribution in [-0.4, -0.2) is 77.9 Å². The molecule has 1 fully saturated rings. The van der Waals surface area contributed by atoms with Gasteiger partial charge < -0.3 is 39.8 Å². The fourth-order valence-electron chi connectivity index (χ4n) is 7.92. The van der Waals surface area contributed by atoms with Gasteiger partial charge in [-0.3, -0.25) is 19.6 Å². The summed E-state index contributed by atoms with van der Waals surface area (Å²) in [5.41, 5.74) is 12.3. The van der Waals surface area contributed by atoms with E-state index < -0.39 is 11.9 Å². The van der Waals surface area contributed by atoms with E-state index >= 15 is 0 Å². The number of hydrogen-bond acceptors (Lipinski definition) is 10. The highest BCUT2D eigenvalue weighted by atomic mass is 16.7. The Bertz CT molecular complexity index is 2780. The molecule has 4 N–H and O–H groups in total. The smallest absolute Gasteiger partial charge is 0.257 e. The molecule has 65 heavy (non-hydrogen) atoms. The zero-order chi connectivity index (χ0) is 45.5. The van der Waals surface area contributed by atoms with E-state index in [9.17, 15) is 14.7 Å². The molecule has 2 amide bonds. The number of benzene rings is 6. The predicted molar refractivity (Wildman–Crippen MR) is 253 cm³/mol. The van der Waals surface area contributed by atoms with Crippen molar-refractivity contribution in [2.45, 2.75) is 58.5 Å². The molecule has 6 aromatic carbocycles. The van der Waals surface area contributed by atoms with Gasteiger partial charge in [0, 0.05) is 36.3 Å². The number of amides is 2. The van der Waals surface area contributed by atoms with Crippen LogP contribution in [-0.2, 0) is 22.3 Å². The second-order valence-corrected chi connectivity index (χ2v) is 16.6. The molecular formula is C53H52N4O8. The average Bonchev–Trinajstić information content (AvgIpc) is 4.04. The minimum absolute atomic E-state index is 0.0313. The van der Waals surface area contributed by atoms with Gasteiger partial charge in [0.2, 0.25) is 0 Å². The van der Waals surface area contributed by atoms with E-state index in [1.807, 2.05) is 92.7 Å². The number of aliphatic hydroxyl groups is 2. The third kappa shape index (κ3) is 10.9. The number of anilines is 2. The Morgan fingerprint density at radius 1 is 0.692 bits per heavy atom. The van der Waals surface area contributed by atoms with Gasteiger partial charge >= 0.3 is 0 Å². The lowest BCUT2D eigenvalue weighted by Gasteiger charge is -2.17. The number of rotatable bonds is 13. The number of aryl methyl sites for hydroxylation is 2. The predicted octanol–water partition coefficient (Wildman–Crippen LogP) is 9.11. The van der Waals surface area contributed by atoms with Crippen LogP contribution in [0.1, 0.15) is 67.9 Å². The van der Waals surface area contributed by atoms with Crippen molar-refractivity contribution in [3.63, 3.8) is 0 Å². The first kappa shape index (κ1) is 44.6. The summed E-state index contributed by atoms with van der Waals surface area (Å²) in [6, 6.07) is 42.0. The van der Waals surface area contributed by atoms with Crippen molar-refractivity contribution < 1.29 is 38.7 Å². The molecule has 0 saturated carbocycles. The van der Waals surface area contributed by atoms with Crippen LogP contribution in [0.4, 0.5) is 22.7 Å². The zero-order valence-electron chi connectivity index (χ0n) is 36.8. The molecule has 0 radical (unpaired) electrons. The molecule has 0 bridgehead atoms. The van der Waals surface area contributed by atoms with Crippen LogP contribution >= 0.6 is 0 Å². The number of nitrogens with zero attached hydrogens (tertiary/aromatic N) is 2. The van der Waals surface area contributed by atoms with Crippen LogP contribution in [0.2, 0.25) is 0 Å². The van der Waals surface area contributed by atoms with Gasteiger partial charge in [-0.05, 0) is 97.5 Å². The molecule has 0 aromatic heterocycles. The third-order valence-electron chi connectivity index (χ3n) is 11.2.